The monoisotopic (exact) mass is 430 g/mol. The van der Waals surface area contributed by atoms with Crippen molar-refractivity contribution in [2.45, 2.75) is 45.9 Å². The van der Waals surface area contributed by atoms with Crippen molar-refractivity contribution >= 4 is 23.1 Å². The Hall–Kier alpha value is -3.29. The quantitative estimate of drug-likeness (QED) is 0.415. The van der Waals surface area contributed by atoms with Gasteiger partial charge in [0.1, 0.15) is 17.1 Å². The van der Waals surface area contributed by atoms with Crippen LogP contribution in [0.25, 0.3) is 0 Å². The van der Waals surface area contributed by atoms with E-state index >= 15 is 0 Å². The fourth-order valence-electron chi connectivity index (χ4n) is 2.97. The second-order valence-corrected chi connectivity index (χ2v) is 7.35. The van der Waals surface area contributed by atoms with Crippen molar-refractivity contribution < 1.29 is 17.9 Å². The molecule has 3 rings (SSSR count). The molecule has 0 fully saturated rings. The highest BCUT2D eigenvalue weighted by Crippen LogP contribution is 2.35. The summed E-state index contributed by atoms with van der Waals surface area (Å²) in [5, 5.41) is 5.71. The van der Waals surface area contributed by atoms with Crippen molar-refractivity contribution in [2.75, 3.05) is 10.6 Å². The highest BCUT2D eigenvalue weighted by molar-refractivity contribution is 5.64. The lowest BCUT2D eigenvalue weighted by Gasteiger charge is -2.16. The van der Waals surface area contributed by atoms with Crippen LogP contribution in [0.3, 0.4) is 0 Å². The lowest BCUT2D eigenvalue weighted by atomic mass is 10.1. The van der Waals surface area contributed by atoms with E-state index in [1.165, 1.54) is 5.56 Å². The number of benzene rings is 2. The van der Waals surface area contributed by atoms with E-state index in [1.807, 2.05) is 38.1 Å². The van der Waals surface area contributed by atoms with Gasteiger partial charge in [-0.15, -0.1) is 0 Å². The van der Waals surface area contributed by atoms with Crippen LogP contribution in [0, 0.1) is 0 Å². The van der Waals surface area contributed by atoms with Crippen molar-refractivity contribution in [3.8, 4) is 5.75 Å². The predicted molar refractivity (Wildman–Crippen MR) is 116 cm³/mol. The summed E-state index contributed by atoms with van der Waals surface area (Å²) in [5.74, 6) is 0.274. The van der Waals surface area contributed by atoms with Crippen molar-refractivity contribution in [3.63, 3.8) is 0 Å². The summed E-state index contributed by atoms with van der Waals surface area (Å²) < 4.78 is 46.2. The van der Waals surface area contributed by atoms with Gasteiger partial charge < -0.3 is 15.4 Å². The standard InChI is InChI=1S/C23H25F3N4O/c1-4-6-16-9-11-17(12-10-16)29-22-27-14-20(23(24,25)26)21(30-22)28-18-7-5-8-19(13-18)31-15(2)3/h5,7-15H,4,6H2,1-3H3,(H2,27,28,29,30). The summed E-state index contributed by atoms with van der Waals surface area (Å²) >= 11 is 0. The van der Waals surface area contributed by atoms with Crippen LogP contribution < -0.4 is 15.4 Å². The van der Waals surface area contributed by atoms with Crippen molar-refractivity contribution in [2.24, 2.45) is 0 Å². The molecule has 0 atom stereocenters. The maximum atomic E-state index is 13.5. The summed E-state index contributed by atoms with van der Waals surface area (Å²) in [4.78, 5) is 7.94. The molecule has 0 spiro atoms. The zero-order chi connectivity index (χ0) is 22.4. The zero-order valence-electron chi connectivity index (χ0n) is 17.6. The Morgan fingerprint density at radius 2 is 1.74 bits per heavy atom. The Morgan fingerprint density at radius 1 is 1.00 bits per heavy atom. The Balaban J connectivity index is 1.87. The molecule has 5 nitrogen and oxygen atoms in total. The minimum atomic E-state index is -4.60. The Kier molecular flexibility index (Phi) is 6.99. The van der Waals surface area contributed by atoms with Gasteiger partial charge >= 0.3 is 6.18 Å². The lowest BCUT2D eigenvalue weighted by Crippen LogP contribution is -2.12. The van der Waals surface area contributed by atoms with Crippen molar-refractivity contribution in [1.82, 2.24) is 9.97 Å². The molecule has 0 unspecified atom stereocenters. The highest BCUT2D eigenvalue weighted by atomic mass is 19.4. The number of hydrogen-bond donors (Lipinski definition) is 2. The minimum absolute atomic E-state index is 0.0560. The molecule has 0 radical (unpaired) electrons. The van der Waals surface area contributed by atoms with Crippen LogP contribution in [-0.4, -0.2) is 16.1 Å². The van der Waals surface area contributed by atoms with Gasteiger partial charge in [-0.1, -0.05) is 31.5 Å². The van der Waals surface area contributed by atoms with Gasteiger partial charge in [0.2, 0.25) is 5.95 Å². The molecule has 31 heavy (non-hydrogen) atoms. The first-order chi connectivity index (χ1) is 14.7. The maximum Gasteiger partial charge on any atom is 0.421 e. The normalized spacial score (nSPS) is 11.5. The maximum absolute atomic E-state index is 13.5. The topological polar surface area (TPSA) is 59.1 Å². The van der Waals surface area contributed by atoms with Gasteiger partial charge in [0.25, 0.3) is 0 Å². The van der Waals surface area contributed by atoms with Gasteiger partial charge in [-0.2, -0.15) is 18.2 Å². The van der Waals surface area contributed by atoms with Gasteiger partial charge in [-0.05, 0) is 50.1 Å². The number of ether oxygens (including phenoxy) is 1. The van der Waals surface area contributed by atoms with E-state index in [-0.39, 0.29) is 17.9 Å². The molecule has 1 aromatic heterocycles. The second kappa shape index (κ2) is 9.68. The zero-order valence-corrected chi connectivity index (χ0v) is 17.6. The molecule has 0 amide bonds. The molecule has 164 valence electrons. The van der Waals surface area contributed by atoms with Gasteiger partial charge in [-0.3, -0.25) is 0 Å². The number of aromatic nitrogens is 2. The van der Waals surface area contributed by atoms with Crippen LogP contribution in [0.2, 0.25) is 0 Å². The van der Waals surface area contributed by atoms with E-state index in [4.69, 9.17) is 4.74 Å². The van der Waals surface area contributed by atoms with Gasteiger partial charge in [0.15, 0.2) is 0 Å². The Labute approximate surface area is 179 Å². The molecule has 0 saturated heterocycles. The summed E-state index contributed by atoms with van der Waals surface area (Å²) in [5.41, 5.74) is 1.36. The third kappa shape index (κ3) is 6.34. The summed E-state index contributed by atoms with van der Waals surface area (Å²) in [6.45, 7) is 5.85. The Bertz CT molecular complexity index is 1000. The molecular weight excluding hydrogens is 405 g/mol. The minimum Gasteiger partial charge on any atom is -0.491 e. The SMILES string of the molecule is CCCc1ccc(Nc2ncc(C(F)(F)F)c(Nc3cccc(OC(C)C)c3)n2)cc1. The molecular formula is C23H25F3N4O. The van der Waals surface area contributed by atoms with Crippen LogP contribution in [-0.2, 0) is 12.6 Å². The van der Waals surface area contributed by atoms with Crippen LogP contribution in [0.4, 0.5) is 36.3 Å². The third-order valence-corrected chi connectivity index (χ3v) is 4.31. The number of anilines is 4. The van der Waals surface area contributed by atoms with E-state index in [0.717, 1.165) is 19.0 Å². The molecule has 2 N–H and O–H groups in total. The van der Waals surface area contributed by atoms with Crippen LogP contribution in [0.5, 0.6) is 5.75 Å². The van der Waals surface area contributed by atoms with E-state index in [9.17, 15) is 13.2 Å². The van der Waals surface area contributed by atoms with E-state index in [0.29, 0.717) is 17.1 Å². The summed E-state index contributed by atoms with van der Waals surface area (Å²) in [6, 6.07) is 14.4. The van der Waals surface area contributed by atoms with Crippen molar-refractivity contribution in [3.05, 3.63) is 65.9 Å². The van der Waals surface area contributed by atoms with E-state index in [2.05, 4.69) is 27.5 Å². The number of halogens is 3. The van der Waals surface area contributed by atoms with Gasteiger partial charge in [0, 0.05) is 23.6 Å². The second-order valence-electron chi connectivity index (χ2n) is 7.35. The van der Waals surface area contributed by atoms with Gasteiger partial charge in [0.05, 0.1) is 6.10 Å². The number of hydrogen-bond acceptors (Lipinski definition) is 5. The molecule has 3 aromatic rings. The molecule has 0 aliphatic rings. The molecule has 0 saturated carbocycles. The van der Waals surface area contributed by atoms with E-state index < -0.39 is 11.7 Å². The first kappa shape index (κ1) is 22.4. The van der Waals surface area contributed by atoms with Crippen molar-refractivity contribution in [1.29, 1.82) is 0 Å². The molecule has 0 aliphatic carbocycles. The fraction of sp³-hybridized carbons (Fsp3) is 0.304. The van der Waals surface area contributed by atoms with Gasteiger partial charge in [-0.25, -0.2) is 4.98 Å². The summed E-state index contributed by atoms with van der Waals surface area (Å²) in [6.07, 6.45) is -1.89. The third-order valence-electron chi connectivity index (χ3n) is 4.31. The molecule has 0 bridgehead atoms. The molecule has 2 aromatic carbocycles. The van der Waals surface area contributed by atoms with Crippen LogP contribution in [0.1, 0.15) is 38.3 Å². The average molecular weight is 430 g/mol. The largest absolute Gasteiger partial charge is 0.491 e. The number of rotatable bonds is 8. The average Bonchev–Trinajstić information content (AvgIpc) is 2.69. The smallest absolute Gasteiger partial charge is 0.421 e. The first-order valence-electron chi connectivity index (χ1n) is 10.1. The lowest BCUT2D eigenvalue weighted by molar-refractivity contribution is -0.137. The van der Waals surface area contributed by atoms with Crippen LogP contribution >= 0.6 is 0 Å². The molecule has 0 aliphatic heterocycles. The fourth-order valence-corrected chi connectivity index (χ4v) is 2.97. The Morgan fingerprint density at radius 3 is 2.39 bits per heavy atom. The number of nitrogens with one attached hydrogen (secondary N) is 2. The summed E-state index contributed by atoms with van der Waals surface area (Å²) in [7, 11) is 0. The molecule has 1 heterocycles. The number of alkyl halides is 3. The van der Waals surface area contributed by atoms with Crippen LogP contribution in [0.15, 0.2) is 54.7 Å². The predicted octanol–water partition coefficient (Wildman–Crippen LogP) is 6.72. The highest BCUT2D eigenvalue weighted by Gasteiger charge is 2.35. The molecule has 8 heteroatoms. The number of nitrogens with zero attached hydrogens (tertiary/aromatic N) is 2. The van der Waals surface area contributed by atoms with E-state index in [1.54, 1.807) is 24.3 Å². The number of aryl methyl sites for hydroxylation is 1. The first-order valence-corrected chi connectivity index (χ1v) is 10.1.